The monoisotopic (exact) mass is 566 g/mol. The third-order valence-electron chi connectivity index (χ3n) is 4.89. The van der Waals surface area contributed by atoms with Crippen molar-refractivity contribution in [2.75, 3.05) is 24.0 Å². The van der Waals surface area contributed by atoms with Crippen molar-refractivity contribution >= 4 is 45.1 Å². The maximum Gasteiger partial charge on any atom is 0.263 e. The Kier molecular flexibility index (Phi) is 6.58. The molecule has 0 amide bonds. The van der Waals surface area contributed by atoms with E-state index in [4.69, 9.17) is 11.5 Å². The van der Waals surface area contributed by atoms with Crippen LogP contribution in [0.25, 0.3) is 34.6 Å². The number of nitrogen functional groups attached to an aromatic ring is 2. The van der Waals surface area contributed by atoms with E-state index in [1.807, 2.05) is 24.5 Å². The number of aromatic nitrogens is 12. The molecule has 19 heteroatoms. The molecule has 0 aliphatic heterocycles. The minimum atomic E-state index is -3.63. The van der Waals surface area contributed by atoms with Crippen LogP contribution in [0, 0.1) is 5.21 Å². The fourth-order valence-corrected chi connectivity index (χ4v) is 4.01. The van der Waals surface area contributed by atoms with E-state index < -0.39 is 15.0 Å². The Morgan fingerprint density at radius 1 is 0.872 bits per heavy atom. The van der Waals surface area contributed by atoms with Crippen LogP contribution in [0.15, 0.2) is 59.1 Å². The number of nitrogens with zero attached hydrogens (tertiary/aromatic N) is 12. The molecular formula is C20H18N14O3S2. The number of rotatable bonds is 4. The highest BCUT2D eigenvalue weighted by atomic mass is 32.2. The quantitative estimate of drug-likeness (QED) is 0.158. The van der Waals surface area contributed by atoms with Gasteiger partial charge in [0.1, 0.15) is 5.69 Å². The van der Waals surface area contributed by atoms with Gasteiger partial charge in [0.15, 0.2) is 11.4 Å². The van der Waals surface area contributed by atoms with Crippen LogP contribution in [0.3, 0.4) is 0 Å². The van der Waals surface area contributed by atoms with Gasteiger partial charge in [-0.15, -0.1) is 10.2 Å². The molecule has 0 atom stereocenters. The van der Waals surface area contributed by atoms with Gasteiger partial charge in [0, 0.05) is 24.6 Å². The molecule has 0 saturated carbocycles. The average molecular weight is 567 g/mol. The fraction of sp³-hybridized carbons (Fsp3) is 0.100. The predicted octanol–water partition coefficient (Wildman–Crippen LogP) is -0.309. The summed E-state index contributed by atoms with van der Waals surface area (Å²) >= 11 is 1.40. The van der Waals surface area contributed by atoms with Crippen LogP contribution in [-0.4, -0.2) is 75.0 Å². The number of pyridine rings is 2. The Labute approximate surface area is 223 Å². The van der Waals surface area contributed by atoms with E-state index in [-0.39, 0.29) is 29.2 Å². The van der Waals surface area contributed by atoms with Gasteiger partial charge >= 0.3 is 0 Å². The minimum absolute atomic E-state index is 0.0539. The molecule has 6 aromatic rings. The van der Waals surface area contributed by atoms with E-state index in [0.29, 0.717) is 27.2 Å². The second-order valence-corrected chi connectivity index (χ2v) is 10.3. The lowest BCUT2D eigenvalue weighted by Gasteiger charge is -1.99. The topological polar surface area (TPSA) is 238 Å². The van der Waals surface area contributed by atoms with E-state index in [1.165, 1.54) is 28.5 Å². The molecule has 0 bridgehead atoms. The first kappa shape index (κ1) is 25.6. The number of hydrogen-bond acceptors (Lipinski definition) is 15. The van der Waals surface area contributed by atoms with Gasteiger partial charge < -0.3 is 16.7 Å². The third-order valence-corrected chi connectivity index (χ3v) is 6.28. The Hall–Kier alpha value is -5.04. The summed E-state index contributed by atoms with van der Waals surface area (Å²) in [6, 6.07) is 10.3. The van der Waals surface area contributed by atoms with Crippen LogP contribution < -0.4 is 16.2 Å². The maximum absolute atomic E-state index is 11.7. The summed E-state index contributed by atoms with van der Waals surface area (Å²) in [7, 11) is -3.63. The van der Waals surface area contributed by atoms with E-state index in [9.17, 15) is 13.6 Å². The summed E-state index contributed by atoms with van der Waals surface area (Å²) in [6.07, 6.45) is 5.81. The van der Waals surface area contributed by atoms with E-state index >= 15 is 0 Å². The first-order valence-electron chi connectivity index (χ1n) is 10.8. The summed E-state index contributed by atoms with van der Waals surface area (Å²) in [5, 5.41) is 20.0. The Morgan fingerprint density at radius 3 is 2.21 bits per heavy atom. The van der Waals surface area contributed by atoms with Crippen molar-refractivity contribution < 1.29 is 13.1 Å². The molecule has 0 unspecified atom stereocenters. The Morgan fingerprint density at radius 2 is 1.54 bits per heavy atom. The van der Waals surface area contributed by atoms with Gasteiger partial charge in [-0.1, -0.05) is 17.8 Å². The van der Waals surface area contributed by atoms with Crippen molar-refractivity contribution in [1.82, 2.24) is 54.1 Å². The van der Waals surface area contributed by atoms with Crippen molar-refractivity contribution in [3.63, 3.8) is 0 Å². The lowest BCUT2D eigenvalue weighted by atomic mass is 10.3. The molecule has 6 heterocycles. The largest absolute Gasteiger partial charge is 0.618 e. The second-order valence-electron chi connectivity index (χ2n) is 7.63. The number of hydrogen-bond donors (Lipinski definition) is 2. The van der Waals surface area contributed by atoms with Crippen molar-refractivity contribution in [2.45, 2.75) is 10.3 Å². The van der Waals surface area contributed by atoms with Crippen molar-refractivity contribution in [3.05, 3.63) is 54.0 Å². The zero-order valence-electron chi connectivity index (χ0n) is 20.2. The van der Waals surface area contributed by atoms with Gasteiger partial charge in [0.25, 0.3) is 22.4 Å². The summed E-state index contributed by atoms with van der Waals surface area (Å²) in [5.74, 6) is 0.993. The number of fused-ring (bicyclic) bond motifs is 2. The summed E-state index contributed by atoms with van der Waals surface area (Å²) < 4.78 is 26.0. The lowest BCUT2D eigenvalue weighted by Crippen LogP contribution is -2.28. The van der Waals surface area contributed by atoms with E-state index in [2.05, 4.69) is 45.1 Å². The predicted molar refractivity (Wildman–Crippen MR) is 138 cm³/mol. The zero-order valence-corrected chi connectivity index (χ0v) is 21.8. The smallest absolute Gasteiger partial charge is 0.263 e. The van der Waals surface area contributed by atoms with Crippen LogP contribution in [0.5, 0.6) is 0 Å². The van der Waals surface area contributed by atoms with Gasteiger partial charge in [-0.2, -0.15) is 43.7 Å². The minimum Gasteiger partial charge on any atom is -0.618 e. The Bertz CT molecular complexity index is 1930. The molecule has 39 heavy (non-hydrogen) atoms. The molecule has 6 aromatic heterocycles. The normalized spacial score (nSPS) is 11.4. The van der Waals surface area contributed by atoms with Gasteiger partial charge in [-0.3, -0.25) is 4.98 Å². The molecule has 0 spiro atoms. The third kappa shape index (κ3) is 5.20. The second kappa shape index (κ2) is 10.0. The highest BCUT2D eigenvalue weighted by molar-refractivity contribution is 7.98. The summed E-state index contributed by atoms with van der Waals surface area (Å²) in [6.45, 7) is 0. The molecule has 0 aliphatic rings. The van der Waals surface area contributed by atoms with E-state index in [1.54, 1.807) is 18.3 Å². The summed E-state index contributed by atoms with van der Waals surface area (Å²) in [4.78, 5) is 28.3. The van der Waals surface area contributed by atoms with Crippen LogP contribution in [-0.2, 0) is 9.84 Å². The molecular weight excluding hydrogens is 548 g/mol. The average Bonchev–Trinajstić information content (AvgIpc) is 3.55. The van der Waals surface area contributed by atoms with Crippen LogP contribution in [0.1, 0.15) is 0 Å². The molecule has 0 radical (unpaired) electrons. The van der Waals surface area contributed by atoms with Gasteiger partial charge in [0.2, 0.25) is 33.4 Å². The number of sulfone groups is 1. The molecule has 0 aromatic carbocycles. The SMILES string of the molecule is CS(=O)(=O)c1nc(N)n2nc(-c3cccc[n+]3[O-])nc2n1.CSc1nc(N)n2nc(-c3ccccn3)nc2n1. The van der Waals surface area contributed by atoms with E-state index in [0.717, 1.165) is 10.8 Å². The maximum atomic E-state index is 11.7. The Balaban J connectivity index is 0.000000160. The first-order valence-corrected chi connectivity index (χ1v) is 13.9. The fourth-order valence-electron chi connectivity index (χ4n) is 3.14. The van der Waals surface area contributed by atoms with Gasteiger partial charge in [-0.25, -0.2) is 8.42 Å². The van der Waals surface area contributed by atoms with Crippen molar-refractivity contribution in [1.29, 1.82) is 0 Å². The van der Waals surface area contributed by atoms with Crippen LogP contribution in [0.2, 0.25) is 0 Å². The molecule has 4 N–H and O–H groups in total. The zero-order chi connectivity index (χ0) is 27.7. The number of anilines is 2. The highest BCUT2D eigenvalue weighted by Gasteiger charge is 2.20. The molecule has 0 fully saturated rings. The molecule has 0 aliphatic carbocycles. The van der Waals surface area contributed by atoms with Crippen molar-refractivity contribution in [2.24, 2.45) is 0 Å². The van der Waals surface area contributed by atoms with Gasteiger partial charge in [-0.05, 0) is 24.5 Å². The first-order chi connectivity index (χ1) is 18.6. The lowest BCUT2D eigenvalue weighted by molar-refractivity contribution is -0.594. The van der Waals surface area contributed by atoms with Crippen LogP contribution >= 0.6 is 11.8 Å². The molecule has 198 valence electrons. The molecule has 17 nitrogen and oxygen atoms in total. The molecule has 6 rings (SSSR count). The summed E-state index contributed by atoms with van der Waals surface area (Å²) in [5.41, 5.74) is 12.3. The van der Waals surface area contributed by atoms with Gasteiger partial charge in [0.05, 0.1) is 0 Å². The van der Waals surface area contributed by atoms with Crippen LogP contribution in [0.4, 0.5) is 11.9 Å². The highest BCUT2D eigenvalue weighted by Crippen LogP contribution is 2.17. The molecule has 0 saturated heterocycles. The standard InChI is InChI=1S/C10H9N7O3S.C10H9N7S/c1-21(19,20)10-13-8(11)17-9(14-10)12-7(15-17)6-4-2-3-5-16(6)18;1-18-10-14-8(11)17-9(15-10)13-7(16-17)6-4-2-3-5-12-6/h2-5H,1H3,(H2,11,12,13,14,15);2-5H,1H3,(H2,11,13,14,15,16). The number of nitrogens with two attached hydrogens (primary N) is 2. The number of thioether (sulfide) groups is 1. The van der Waals surface area contributed by atoms with Crippen molar-refractivity contribution in [3.8, 4) is 23.0 Å².